The number of alkyl halides is 1. The van der Waals surface area contributed by atoms with Gasteiger partial charge in [-0.05, 0) is 34.3 Å². The molecule has 1 saturated carbocycles. The molecule has 0 aromatic heterocycles. The van der Waals surface area contributed by atoms with Crippen molar-refractivity contribution < 1.29 is 9.47 Å². The van der Waals surface area contributed by atoms with E-state index < -0.39 is 0 Å². The predicted molar refractivity (Wildman–Crippen MR) is 91.6 cm³/mol. The van der Waals surface area contributed by atoms with Crippen LogP contribution in [0.5, 0.6) is 11.5 Å². The number of hydrogen-bond acceptors (Lipinski definition) is 2. The molecule has 118 valence electrons. The second-order valence-corrected chi connectivity index (χ2v) is 7.08. The standard InChI is InChI=1S/C17H24BrClO2/c1-20-15-10-9-13(17(21-2)16(15)18)14(19)11-12-7-5-3-4-6-8-12/h9-10,12,14H,3-8,11H2,1-2H3. The first-order chi connectivity index (χ1) is 10.2. The smallest absolute Gasteiger partial charge is 0.141 e. The van der Waals surface area contributed by atoms with Crippen LogP contribution in [-0.4, -0.2) is 14.2 Å². The Bertz CT molecular complexity index is 456. The maximum Gasteiger partial charge on any atom is 0.141 e. The zero-order valence-corrected chi connectivity index (χ0v) is 15.2. The summed E-state index contributed by atoms with van der Waals surface area (Å²) >= 11 is 10.3. The summed E-state index contributed by atoms with van der Waals surface area (Å²) in [6.45, 7) is 0. The predicted octanol–water partition coefficient (Wildman–Crippen LogP) is 6.11. The van der Waals surface area contributed by atoms with Gasteiger partial charge in [-0.3, -0.25) is 0 Å². The Hall–Kier alpha value is -0.410. The third-order valence-corrected chi connectivity index (χ3v) is 5.53. The van der Waals surface area contributed by atoms with E-state index >= 15 is 0 Å². The molecule has 1 atom stereocenters. The van der Waals surface area contributed by atoms with Crippen molar-refractivity contribution in [1.82, 2.24) is 0 Å². The molecule has 0 bridgehead atoms. The monoisotopic (exact) mass is 374 g/mol. The molecular weight excluding hydrogens is 352 g/mol. The van der Waals surface area contributed by atoms with Gasteiger partial charge in [-0.25, -0.2) is 0 Å². The van der Waals surface area contributed by atoms with Gasteiger partial charge in [0.25, 0.3) is 0 Å². The first-order valence-corrected chi connectivity index (χ1v) is 8.94. The summed E-state index contributed by atoms with van der Waals surface area (Å²) in [6, 6.07) is 3.97. The van der Waals surface area contributed by atoms with E-state index in [0.717, 1.165) is 33.9 Å². The normalized spacial score (nSPS) is 18.1. The van der Waals surface area contributed by atoms with Gasteiger partial charge in [-0.2, -0.15) is 0 Å². The summed E-state index contributed by atoms with van der Waals surface area (Å²) in [5, 5.41) is -0.00902. The first kappa shape index (κ1) is 17.0. The molecule has 0 N–H and O–H groups in total. The van der Waals surface area contributed by atoms with E-state index in [-0.39, 0.29) is 5.38 Å². The minimum atomic E-state index is -0.00902. The molecule has 1 aliphatic rings. The van der Waals surface area contributed by atoms with Crippen LogP contribution in [0, 0.1) is 5.92 Å². The van der Waals surface area contributed by atoms with E-state index in [1.165, 1.54) is 38.5 Å². The molecule has 2 nitrogen and oxygen atoms in total. The van der Waals surface area contributed by atoms with E-state index in [9.17, 15) is 0 Å². The molecule has 1 aromatic carbocycles. The molecule has 1 fully saturated rings. The molecule has 21 heavy (non-hydrogen) atoms. The number of hydrogen-bond donors (Lipinski definition) is 0. The highest BCUT2D eigenvalue weighted by molar-refractivity contribution is 9.10. The van der Waals surface area contributed by atoms with Crippen LogP contribution < -0.4 is 9.47 Å². The quantitative estimate of drug-likeness (QED) is 0.457. The maximum absolute atomic E-state index is 6.70. The number of benzene rings is 1. The van der Waals surface area contributed by atoms with Crippen molar-refractivity contribution >= 4 is 27.5 Å². The van der Waals surface area contributed by atoms with Gasteiger partial charge in [-0.1, -0.05) is 44.6 Å². The van der Waals surface area contributed by atoms with Gasteiger partial charge >= 0.3 is 0 Å². The van der Waals surface area contributed by atoms with Crippen molar-refractivity contribution in [3.05, 3.63) is 22.2 Å². The Labute approximate surface area is 141 Å². The van der Waals surface area contributed by atoms with Crippen LogP contribution in [-0.2, 0) is 0 Å². The van der Waals surface area contributed by atoms with Crippen LogP contribution >= 0.6 is 27.5 Å². The maximum atomic E-state index is 6.70. The molecule has 1 unspecified atom stereocenters. The molecule has 0 spiro atoms. The molecule has 1 aliphatic carbocycles. The van der Waals surface area contributed by atoms with Gasteiger partial charge in [0.15, 0.2) is 0 Å². The minimum Gasteiger partial charge on any atom is -0.495 e. The summed E-state index contributed by atoms with van der Waals surface area (Å²) in [5.41, 5.74) is 1.05. The average molecular weight is 376 g/mol. The molecule has 0 amide bonds. The third-order valence-electron chi connectivity index (χ3n) is 4.37. The highest BCUT2D eigenvalue weighted by Crippen LogP contribution is 2.44. The summed E-state index contributed by atoms with van der Waals surface area (Å²) in [7, 11) is 3.33. The van der Waals surface area contributed by atoms with Crippen LogP contribution in [0.25, 0.3) is 0 Å². The van der Waals surface area contributed by atoms with Gasteiger partial charge in [0, 0.05) is 5.56 Å². The molecule has 0 aliphatic heterocycles. The van der Waals surface area contributed by atoms with Crippen molar-refractivity contribution in [2.75, 3.05) is 14.2 Å². The van der Waals surface area contributed by atoms with Crippen molar-refractivity contribution in [3.8, 4) is 11.5 Å². The fraction of sp³-hybridized carbons (Fsp3) is 0.647. The van der Waals surface area contributed by atoms with Gasteiger partial charge in [-0.15, -0.1) is 11.6 Å². The number of halogens is 2. The van der Waals surface area contributed by atoms with Crippen LogP contribution in [0.1, 0.15) is 55.9 Å². The zero-order chi connectivity index (χ0) is 15.2. The number of methoxy groups -OCH3 is 2. The Morgan fingerprint density at radius 1 is 1.14 bits per heavy atom. The highest BCUT2D eigenvalue weighted by atomic mass is 79.9. The van der Waals surface area contributed by atoms with Crippen LogP contribution in [0.2, 0.25) is 0 Å². The summed E-state index contributed by atoms with van der Waals surface area (Å²) in [5.74, 6) is 2.30. The molecule has 0 saturated heterocycles. The Balaban J connectivity index is 2.14. The lowest BCUT2D eigenvalue weighted by molar-refractivity contribution is 0.379. The van der Waals surface area contributed by atoms with Gasteiger partial charge < -0.3 is 9.47 Å². The lowest BCUT2D eigenvalue weighted by atomic mass is 9.92. The summed E-state index contributed by atoms with van der Waals surface area (Å²) in [4.78, 5) is 0. The van der Waals surface area contributed by atoms with E-state index in [1.807, 2.05) is 12.1 Å². The Morgan fingerprint density at radius 3 is 2.38 bits per heavy atom. The molecule has 2 rings (SSSR count). The van der Waals surface area contributed by atoms with Gasteiger partial charge in [0.2, 0.25) is 0 Å². The largest absolute Gasteiger partial charge is 0.495 e. The molecule has 1 aromatic rings. The fourth-order valence-corrected chi connectivity index (χ4v) is 4.29. The number of rotatable bonds is 5. The second-order valence-electron chi connectivity index (χ2n) is 5.77. The topological polar surface area (TPSA) is 18.5 Å². The summed E-state index contributed by atoms with van der Waals surface area (Å²) < 4.78 is 11.7. The SMILES string of the molecule is COc1ccc(C(Cl)CC2CCCCCC2)c(OC)c1Br. The second kappa shape index (κ2) is 8.28. The van der Waals surface area contributed by atoms with Crippen molar-refractivity contribution in [2.45, 2.75) is 50.3 Å². The Kier molecular flexibility index (Phi) is 6.69. The van der Waals surface area contributed by atoms with Gasteiger partial charge in [0.1, 0.15) is 16.0 Å². The van der Waals surface area contributed by atoms with Crippen LogP contribution in [0.4, 0.5) is 0 Å². The summed E-state index contributed by atoms with van der Waals surface area (Å²) in [6.07, 6.45) is 9.08. The van der Waals surface area contributed by atoms with E-state index in [2.05, 4.69) is 15.9 Å². The first-order valence-electron chi connectivity index (χ1n) is 7.71. The highest BCUT2D eigenvalue weighted by Gasteiger charge is 2.22. The third kappa shape index (κ3) is 4.29. The van der Waals surface area contributed by atoms with Crippen molar-refractivity contribution in [1.29, 1.82) is 0 Å². The Morgan fingerprint density at radius 2 is 1.81 bits per heavy atom. The van der Waals surface area contributed by atoms with Crippen LogP contribution in [0.15, 0.2) is 16.6 Å². The van der Waals surface area contributed by atoms with Crippen molar-refractivity contribution in [3.63, 3.8) is 0 Å². The van der Waals surface area contributed by atoms with E-state index in [1.54, 1.807) is 14.2 Å². The van der Waals surface area contributed by atoms with E-state index in [0.29, 0.717) is 0 Å². The minimum absolute atomic E-state index is 0.00902. The lowest BCUT2D eigenvalue weighted by Crippen LogP contribution is -2.05. The van der Waals surface area contributed by atoms with E-state index in [4.69, 9.17) is 21.1 Å². The molecule has 0 heterocycles. The number of ether oxygens (including phenoxy) is 2. The molecular formula is C17H24BrClO2. The van der Waals surface area contributed by atoms with Gasteiger partial charge in [0.05, 0.1) is 19.6 Å². The fourth-order valence-electron chi connectivity index (χ4n) is 3.18. The molecule has 0 radical (unpaired) electrons. The van der Waals surface area contributed by atoms with Crippen molar-refractivity contribution in [2.24, 2.45) is 5.92 Å². The average Bonchev–Trinajstić information content (AvgIpc) is 2.75. The lowest BCUT2D eigenvalue weighted by Gasteiger charge is -2.21. The molecule has 4 heteroatoms. The van der Waals surface area contributed by atoms with Crippen LogP contribution in [0.3, 0.4) is 0 Å². The zero-order valence-electron chi connectivity index (χ0n) is 12.8.